The van der Waals surface area contributed by atoms with Crippen molar-refractivity contribution < 1.29 is 0 Å². The fourth-order valence-corrected chi connectivity index (χ4v) is 2.24. The van der Waals surface area contributed by atoms with Gasteiger partial charge in [0.1, 0.15) is 0 Å². The minimum atomic E-state index is 0.250. The lowest BCUT2D eigenvalue weighted by molar-refractivity contribution is 0.500. The maximum atomic E-state index is 5.68. The molecule has 1 aliphatic heterocycles. The maximum absolute atomic E-state index is 5.68. The Kier molecular flexibility index (Phi) is 3.74. The molecule has 0 saturated carbocycles. The van der Waals surface area contributed by atoms with Gasteiger partial charge in [-0.2, -0.15) is 10.1 Å². The van der Waals surface area contributed by atoms with Gasteiger partial charge in [0.05, 0.1) is 12.2 Å². The number of rotatable bonds is 3. The van der Waals surface area contributed by atoms with E-state index in [0.717, 1.165) is 23.4 Å². The Morgan fingerprint density at radius 2 is 1.82 bits per heavy atom. The Balaban J connectivity index is 1.89. The Bertz CT molecular complexity index is 753. The predicted octanol–water partition coefficient (Wildman–Crippen LogP) is 2.26. The molecule has 0 bridgehead atoms. The molecular weight excluding hydrogens is 276 g/mol. The lowest BCUT2D eigenvalue weighted by Crippen LogP contribution is -2.08. The molecule has 0 atom stereocenters. The van der Waals surface area contributed by atoms with Crippen LogP contribution in [0.15, 0.2) is 49.1 Å². The zero-order valence-corrected chi connectivity index (χ0v) is 12.6. The molecule has 6 nitrogen and oxygen atoms in total. The zero-order valence-electron chi connectivity index (χ0n) is 12.6. The topological polar surface area (TPSA) is 72.9 Å². The highest BCUT2D eigenvalue weighted by molar-refractivity contribution is 5.36. The van der Waals surface area contributed by atoms with E-state index in [-0.39, 0.29) is 5.95 Å². The largest absolute Gasteiger partial charge is 0.368 e. The third-order valence-corrected chi connectivity index (χ3v) is 3.42. The van der Waals surface area contributed by atoms with Crippen LogP contribution in [0.25, 0.3) is 5.82 Å². The molecule has 0 spiro atoms. The Morgan fingerprint density at radius 1 is 1.09 bits per heavy atom. The number of aromatic nitrogens is 4. The molecule has 22 heavy (non-hydrogen) atoms. The summed E-state index contributed by atoms with van der Waals surface area (Å²) in [4.78, 5) is 10.4. The number of aryl methyl sites for hydroxylation is 2. The molecule has 3 heterocycles. The molecule has 2 aromatic rings. The summed E-state index contributed by atoms with van der Waals surface area (Å²) >= 11 is 0. The highest BCUT2D eigenvalue weighted by Gasteiger charge is 2.11. The SMILES string of the molecule is Cc1cnc(N)nc1-n1cc(CN2C=CC=CC=C2)c(C)n1. The van der Waals surface area contributed by atoms with Gasteiger partial charge in [-0.05, 0) is 26.0 Å². The van der Waals surface area contributed by atoms with Crippen molar-refractivity contribution in [3.63, 3.8) is 0 Å². The number of nitrogens with two attached hydrogens (primary N) is 1. The smallest absolute Gasteiger partial charge is 0.222 e. The van der Waals surface area contributed by atoms with Gasteiger partial charge < -0.3 is 10.6 Å². The van der Waals surface area contributed by atoms with Gasteiger partial charge in [0.2, 0.25) is 5.95 Å². The number of nitrogen functional groups attached to an aromatic ring is 1. The van der Waals surface area contributed by atoms with E-state index in [9.17, 15) is 0 Å². The number of hydrogen-bond acceptors (Lipinski definition) is 5. The predicted molar refractivity (Wildman–Crippen MR) is 86.0 cm³/mol. The van der Waals surface area contributed by atoms with E-state index in [1.807, 2.05) is 56.7 Å². The fourth-order valence-electron chi connectivity index (χ4n) is 2.24. The third-order valence-electron chi connectivity index (χ3n) is 3.42. The normalized spacial score (nSPS) is 13.6. The van der Waals surface area contributed by atoms with Crippen molar-refractivity contribution >= 4 is 5.95 Å². The van der Waals surface area contributed by atoms with Crippen LogP contribution >= 0.6 is 0 Å². The van der Waals surface area contributed by atoms with Crippen LogP contribution in [-0.4, -0.2) is 24.6 Å². The van der Waals surface area contributed by atoms with Crippen molar-refractivity contribution in [1.29, 1.82) is 0 Å². The van der Waals surface area contributed by atoms with E-state index in [1.165, 1.54) is 0 Å². The standard InChI is InChI=1S/C16H18N6/c1-12-9-18-16(17)19-15(12)22-11-14(13(2)20-22)10-21-7-5-3-4-6-8-21/h3-9,11H,10H2,1-2H3,(H2,17,18,19). The van der Waals surface area contributed by atoms with Gasteiger partial charge in [-0.25, -0.2) is 9.67 Å². The van der Waals surface area contributed by atoms with E-state index in [2.05, 4.69) is 20.0 Å². The minimum absolute atomic E-state index is 0.250. The van der Waals surface area contributed by atoms with Crippen LogP contribution in [0.4, 0.5) is 5.95 Å². The molecule has 2 aromatic heterocycles. The first-order valence-electron chi connectivity index (χ1n) is 7.05. The van der Waals surface area contributed by atoms with Crippen molar-refractivity contribution in [3.8, 4) is 5.82 Å². The van der Waals surface area contributed by atoms with Gasteiger partial charge in [-0.15, -0.1) is 0 Å². The van der Waals surface area contributed by atoms with Gasteiger partial charge in [0, 0.05) is 35.9 Å². The summed E-state index contributed by atoms with van der Waals surface area (Å²) in [6, 6.07) is 0. The molecule has 0 fully saturated rings. The van der Waals surface area contributed by atoms with Crippen LogP contribution in [0, 0.1) is 13.8 Å². The second-order valence-electron chi connectivity index (χ2n) is 5.16. The lowest BCUT2D eigenvalue weighted by atomic mass is 10.2. The second kappa shape index (κ2) is 5.85. The van der Waals surface area contributed by atoms with Crippen LogP contribution in [-0.2, 0) is 6.54 Å². The monoisotopic (exact) mass is 294 g/mol. The van der Waals surface area contributed by atoms with Gasteiger partial charge in [0.25, 0.3) is 0 Å². The zero-order chi connectivity index (χ0) is 15.5. The van der Waals surface area contributed by atoms with Gasteiger partial charge in [-0.1, -0.05) is 12.2 Å². The van der Waals surface area contributed by atoms with Gasteiger partial charge in [-0.3, -0.25) is 0 Å². The highest BCUT2D eigenvalue weighted by atomic mass is 15.3. The summed E-state index contributed by atoms with van der Waals surface area (Å²) in [6.45, 7) is 4.69. The fraction of sp³-hybridized carbons (Fsp3) is 0.188. The minimum Gasteiger partial charge on any atom is -0.368 e. The Morgan fingerprint density at radius 3 is 2.55 bits per heavy atom. The summed E-state index contributed by atoms with van der Waals surface area (Å²) < 4.78 is 1.77. The Hall–Kier alpha value is -2.89. The molecule has 0 aromatic carbocycles. The summed E-state index contributed by atoms with van der Waals surface area (Å²) in [5.41, 5.74) is 8.71. The maximum Gasteiger partial charge on any atom is 0.222 e. The van der Waals surface area contributed by atoms with Crippen LogP contribution in [0.1, 0.15) is 16.8 Å². The molecule has 0 amide bonds. The molecule has 0 unspecified atom stereocenters. The number of hydrogen-bond donors (Lipinski definition) is 1. The lowest BCUT2D eigenvalue weighted by Gasteiger charge is -2.13. The quantitative estimate of drug-likeness (QED) is 0.940. The van der Waals surface area contributed by atoms with Crippen LogP contribution in [0.3, 0.4) is 0 Å². The third kappa shape index (κ3) is 2.90. The summed E-state index contributed by atoms with van der Waals surface area (Å²) in [7, 11) is 0. The molecule has 1 aliphatic rings. The molecule has 0 radical (unpaired) electrons. The average Bonchev–Trinajstić information content (AvgIpc) is 2.70. The first-order valence-corrected chi connectivity index (χ1v) is 7.05. The number of allylic oxidation sites excluding steroid dienone is 4. The molecule has 3 rings (SSSR count). The number of anilines is 1. The van der Waals surface area contributed by atoms with Crippen LogP contribution in [0.5, 0.6) is 0 Å². The van der Waals surface area contributed by atoms with E-state index in [4.69, 9.17) is 5.73 Å². The Labute approximate surface area is 129 Å². The molecule has 2 N–H and O–H groups in total. The number of nitrogens with zero attached hydrogens (tertiary/aromatic N) is 5. The molecule has 112 valence electrons. The average molecular weight is 294 g/mol. The second-order valence-corrected chi connectivity index (χ2v) is 5.16. The van der Waals surface area contributed by atoms with Crippen LogP contribution < -0.4 is 5.73 Å². The van der Waals surface area contributed by atoms with Crippen molar-refractivity contribution in [1.82, 2.24) is 24.6 Å². The summed E-state index contributed by atoms with van der Waals surface area (Å²) in [5.74, 6) is 0.963. The van der Waals surface area contributed by atoms with Gasteiger partial charge >= 0.3 is 0 Å². The van der Waals surface area contributed by atoms with Crippen molar-refractivity contribution in [3.05, 3.63) is 65.9 Å². The van der Waals surface area contributed by atoms with E-state index >= 15 is 0 Å². The molecular formula is C16H18N6. The van der Waals surface area contributed by atoms with E-state index in [1.54, 1.807) is 10.9 Å². The van der Waals surface area contributed by atoms with E-state index < -0.39 is 0 Å². The highest BCUT2D eigenvalue weighted by Crippen LogP contribution is 2.16. The van der Waals surface area contributed by atoms with Crippen LogP contribution in [0.2, 0.25) is 0 Å². The summed E-state index contributed by atoms with van der Waals surface area (Å²) in [6.07, 6.45) is 15.8. The molecule has 0 saturated heterocycles. The molecule has 0 aliphatic carbocycles. The van der Waals surface area contributed by atoms with Crippen molar-refractivity contribution in [2.24, 2.45) is 0 Å². The van der Waals surface area contributed by atoms with Crippen molar-refractivity contribution in [2.75, 3.05) is 5.73 Å². The van der Waals surface area contributed by atoms with E-state index in [0.29, 0.717) is 5.82 Å². The summed E-state index contributed by atoms with van der Waals surface area (Å²) in [5, 5.41) is 4.55. The molecule has 6 heteroatoms. The van der Waals surface area contributed by atoms with Gasteiger partial charge in [0.15, 0.2) is 5.82 Å². The first kappa shape index (κ1) is 14.1. The van der Waals surface area contributed by atoms with Crippen molar-refractivity contribution in [2.45, 2.75) is 20.4 Å². The first-order chi connectivity index (χ1) is 10.6.